The molecule has 0 fully saturated rings. The number of rotatable bonds is 3. The zero-order valence-corrected chi connectivity index (χ0v) is 16.5. The van der Waals surface area contributed by atoms with Crippen LogP contribution in [0.4, 0.5) is 5.69 Å². The Hall–Kier alpha value is -2.83. The second kappa shape index (κ2) is 6.96. The van der Waals surface area contributed by atoms with Gasteiger partial charge >= 0.3 is 0 Å². The molecule has 1 aliphatic rings. The van der Waals surface area contributed by atoms with E-state index in [2.05, 4.69) is 5.32 Å². The lowest BCUT2D eigenvalue weighted by molar-refractivity contribution is 0.0821. The predicted molar refractivity (Wildman–Crippen MR) is 109 cm³/mol. The number of benzene rings is 3. The van der Waals surface area contributed by atoms with E-state index in [1.165, 1.54) is 18.2 Å². The van der Waals surface area contributed by atoms with Crippen molar-refractivity contribution in [1.82, 2.24) is 4.31 Å². The Morgan fingerprint density at radius 1 is 0.964 bits per heavy atom. The lowest BCUT2D eigenvalue weighted by Crippen LogP contribution is -2.46. The molecule has 1 unspecified atom stereocenters. The average molecular weight is 413 g/mol. The van der Waals surface area contributed by atoms with Crippen LogP contribution in [0.5, 0.6) is 0 Å². The average Bonchev–Trinajstić information content (AvgIpc) is 2.69. The molecule has 0 aromatic heterocycles. The summed E-state index contributed by atoms with van der Waals surface area (Å²) < 4.78 is 27.7. The second-order valence-corrected chi connectivity index (χ2v) is 8.82. The predicted octanol–water partition coefficient (Wildman–Crippen LogP) is 4.60. The highest BCUT2D eigenvalue weighted by Gasteiger charge is 2.41. The molecular weight excluding hydrogens is 396 g/mol. The van der Waals surface area contributed by atoms with Crippen LogP contribution in [0.1, 0.15) is 27.7 Å². The largest absolute Gasteiger partial charge is 0.360 e. The van der Waals surface area contributed by atoms with Crippen LogP contribution in [0.25, 0.3) is 0 Å². The van der Waals surface area contributed by atoms with E-state index in [-0.39, 0.29) is 10.5 Å². The van der Waals surface area contributed by atoms with Crippen molar-refractivity contribution in [3.05, 3.63) is 94.5 Å². The van der Waals surface area contributed by atoms with Crippen LogP contribution in [0.2, 0.25) is 5.02 Å². The van der Waals surface area contributed by atoms with Crippen LogP contribution in [0.15, 0.2) is 77.7 Å². The molecular formula is C21H17ClN2O3S. The summed E-state index contributed by atoms with van der Waals surface area (Å²) in [6, 6.07) is 20.2. The topological polar surface area (TPSA) is 66.5 Å². The smallest absolute Gasteiger partial charge is 0.271 e. The minimum absolute atomic E-state index is 0.0552. The number of aryl methyl sites for hydroxylation is 1. The van der Waals surface area contributed by atoms with Crippen molar-refractivity contribution in [1.29, 1.82) is 0 Å². The van der Waals surface area contributed by atoms with Gasteiger partial charge in [0.25, 0.3) is 15.9 Å². The highest BCUT2D eigenvalue weighted by molar-refractivity contribution is 7.89. The quantitative estimate of drug-likeness (QED) is 0.682. The molecule has 1 aliphatic heterocycles. The van der Waals surface area contributed by atoms with Gasteiger partial charge in [0.1, 0.15) is 6.17 Å². The lowest BCUT2D eigenvalue weighted by atomic mass is 10.1. The molecule has 0 bridgehead atoms. The van der Waals surface area contributed by atoms with Crippen LogP contribution in [-0.2, 0) is 10.0 Å². The molecule has 1 N–H and O–H groups in total. The van der Waals surface area contributed by atoms with Crippen LogP contribution < -0.4 is 5.32 Å². The van der Waals surface area contributed by atoms with Gasteiger partial charge in [-0.3, -0.25) is 4.79 Å². The van der Waals surface area contributed by atoms with Crippen molar-refractivity contribution in [3.8, 4) is 0 Å². The number of amides is 1. The molecule has 0 spiro atoms. The van der Waals surface area contributed by atoms with E-state index in [1.54, 1.807) is 48.5 Å². The Labute approximate surface area is 168 Å². The Bertz CT molecular complexity index is 1150. The minimum atomic E-state index is -4.10. The second-order valence-electron chi connectivity index (χ2n) is 6.57. The Morgan fingerprint density at radius 3 is 2.32 bits per heavy atom. The van der Waals surface area contributed by atoms with Gasteiger partial charge in [0.2, 0.25) is 0 Å². The molecule has 1 atom stereocenters. The molecule has 0 aliphatic carbocycles. The molecule has 28 heavy (non-hydrogen) atoms. The maximum atomic E-state index is 13.4. The number of carbonyl (C=O) groups is 1. The summed E-state index contributed by atoms with van der Waals surface area (Å²) >= 11 is 6.04. The Morgan fingerprint density at radius 2 is 1.64 bits per heavy atom. The number of fused-ring (bicyclic) bond motifs is 1. The molecule has 4 rings (SSSR count). The van der Waals surface area contributed by atoms with Crippen LogP contribution >= 0.6 is 11.6 Å². The van der Waals surface area contributed by atoms with Gasteiger partial charge in [0.15, 0.2) is 0 Å². The van der Waals surface area contributed by atoms with Gasteiger partial charge in [-0.15, -0.1) is 0 Å². The molecule has 3 aromatic rings. The van der Waals surface area contributed by atoms with E-state index in [4.69, 9.17) is 11.6 Å². The molecule has 3 aromatic carbocycles. The van der Waals surface area contributed by atoms with Crippen molar-refractivity contribution in [2.24, 2.45) is 0 Å². The summed E-state index contributed by atoms with van der Waals surface area (Å²) in [6.07, 6.45) is -0.867. The third-order valence-electron chi connectivity index (χ3n) is 4.63. The van der Waals surface area contributed by atoms with Crippen molar-refractivity contribution in [3.63, 3.8) is 0 Å². The van der Waals surface area contributed by atoms with Gasteiger partial charge in [0, 0.05) is 10.7 Å². The van der Waals surface area contributed by atoms with Gasteiger partial charge in [-0.2, -0.15) is 0 Å². The summed E-state index contributed by atoms with van der Waals surface area (Å²) in [5.41, 5.74) is 2.35. The summed E-state index contributed by atoms with van der Waals surface area (Å²) in [6.45, 7) is 1.87. The number of nitrogens with one attached hydrogen (secondary N) is 1. The maximum absolute atomic E-state index is 13.4. The zero-order valence-electron chi connectivity index (χ0n) is 15.0. The molecule has 5 nitrogen and oxygen atoms in total. The number of halogens is 1. The standard InChI is InChI=1S/C21H17ClN2O3S/c1-14-7-10-17(11-8-14)28(26,27)24-20(15-5-3-2-4-6-15)23-19-12-9-16(22)13-18(19)21(24)25/h2-13,20,23H,1H3. The monoisotopic (exact) mass is 412 g/mol. The van der Waals surface area contributed by atoms with Gasteiger partial charge in [-0.1, -0.05) is 59.6 Å². The van der Waals surface area contributed by atoms with Crippen molar-refractivity contribution in [2.45, 2.75) is 18.0 Å². The fraction of sp³-hybridized carbons (Fsp3) is 0.0952. The number of hydrogen-bond acceptors (Lipinski definition) is 4. The van der Waals surface area contributed by atoms with E-state index in [0.29, 0.717) is 16.3 Å². The third kappa shape index (κ3) is 3.15. The number of carbonyl (C=O) groups excluding carboxylic acids is 1. The van der Waals surface area contributed by atoms with Crippen molar-refractivity contribution >= 4 is 33.2 Å². The first-order valence-electron chi connectivity index (χ1n) is 8.64. The fourth-order valence-corrected chi connectivity index (χ4v) is 4.83. The number of anilines is 1. The van der Waals surface area contributed by atoms with Crippen molar-refractivity contribution < 1.29 is 13.2 Å². The van der Waals surface area contributed by atoms with Crippen LogP contribution in [0, 0.1) is 6.92 Å². The van der Waals surface area contributed by atoms with Crippen LogP contribution in [0.3, 0.4) is 0 Å². The van der Waals surface area contributed by atoms with Gasteiger partial charge in [-0.05, 0) is 42.8 Å². The van der Waals surface area contributed by atoms with Gasteiger partial charge in [0.05, 0.1) is 10.5 Å². The van der Waals surface area contributed by atoms with E-state index in [0.717, 1.165) is 9.87 Å². The number of hydrogen-bond donors (Lipinski definition) is 1. The molecule has 1 heterocycles. The molecule has 142 valence electrons. The molecule has 7 heteroatoms. The zero-order chi connectivity index (χ0) is 19.9. The van der Waals surface area contributed by atoms with E-state index in [1.807, 2.05) is 13.0 Å². The first-order chi connectivity index (χ1) is 13.4. The third-order valence-corrected chi connectivity index (χ3v) is 6.63. The minimum Gasteiger partial charge on any atom is -0.360 e. The SMILES string of the molecule is Cc1ccc(S(=O)(=O)N2C(=O)c3cc(Cl)ccc3NC2c2ccccc2)cc1. The van der Waals surface area contributed by atoms with Crippen LogP contribution in [-0.4, -0.2) is 18.6 Å². The Kier molecular flexibility index (Phi) is 4.61. The summed E-state index contributed by atoms with van der Waals surface area (Å²) in [5.74, 6) is -0.620. The normalized spacial score (nSPS) is 16.4. The highest BCUT2D eigenvalue weighted by Crippen LogP contribution is 2.37. The van der Waals surface area contributed by atoms with Crippen molar-refractivity contribution in [2.75, 3.05) is 5.32 Å². The van der Waals surface area contributed by atoms with Gasteiger partial charge < -0.3 is 5.32 Å². The summed E-state index contributed by atoms with van der Waals surface area (Å²) in [5, 5.41) is 3.54. The van der Waals surface area contributed by atoms with Gasteiger partial charge in [-0.25, -0.2) is 12.7 Å². The summed E-state index contributed by atoms with van der Waals surface area (Å²) in [7, 11) is -4.10. The fourth-order valence-electron chi connectivity index (χ4n) is 3.19. The number of nitrogens with zero attached hydrogens (tertiary/aromatic N) is 1. The lowest BCUT2D eigenvalue weighted by Gasteiger charge is -2.37. The van der Waals surface area contributed by atoms with E-state index < -0.39 is 22.1 Å². The first kappa shape index (κ1) is 18.5. The maximum Gasteiger partial charge on any atom is 0.271 e. The molecule has 0 saturated heterocycles. The highest BCUT2D eigenvalue weighted by atomic mass is 35.5. The molecule has 0 saturated carbocycles. The number of sulfonamides is 1. The Balaban J connectivity index is 1.90. The summed E-state index contributed by atoms with van der Waals surface area (Å²) in [4.78, 5) is 13.3. The van der Waals surface area contributed by atoms with E-state index >= 15 is 0 Å². The first-order valence-corrected chi connectivity index (χ1v) is 10.5. The van der Waals surface area contributed by atoms with E-state index in [9.17, 15) is 13.2 Å². The molecule has 0 radical (unpaired) electrons. The molecule has 1 amide bonds.